The van der Waals surface area contributed by atoms with E-state index in [0.29, 0.717) is 11.5 Å². The Morgan fingerprint density at radius 1 is 0.833 bits per heavy atom. The first-order chi connectivity index (χ1) is 8.85. The molecule has 18 heavy (non-hydrogen) atoms. The Bertz CT molecular complexity index is 213. The molecule has 0 bridgehead atoms. The zero-order valence-electron chi connectivity index (χ0n) is 11.8. The predicted molar refractivity (Wildman–Crippen MR) is 81.4 cm³/mol. The largest absolute Gasteiger partial charge is 0.378 e. The minimum absolute atomic E-state index is 0.395. The van der Waals surface area contributed by atoms with Crippen molar-refractivity contribution in [3.8, 4) is 0 Å². The van der Waals surface area contributed by atoms with Gasteiger partial charge in [0.2, 0.25) is 0 Å². The predicted octanol–water partition coefficient (Wildman–Crippen LogP) is 5.00. The Balaban J connectivity index is 1.81. The number of thiol groups is 1. The summed E-state index contributed by atoms with van der Waals surface area (Å²) in [7, 11) is 0. The van der Waals surface area contributed by atoms with E-state index in [2.05, 4.69) is 12.6 Å². The lowest BCUT2D eigenvalue weighted by Gasteiger charge is -2.32. The van der Waals surface area contributed by atoms with Gasteiger partial charge in [-0.25, -0.2) is 0 Å². The molecule has 0 N–H and O–H groups in total. The van der Waals surface area contributed by atoms with Gasteiger partial charge < -0.3 is 4.74 Å². The highest BCUT2D eigenvalue weighted by Crippen LogP contribution is 2.37. The molecule has 0 atom stereocenters. The maximum absolute atomic E-state index is 6.30. The lowest BCUT2D eigenvalue weighted by Crippen LogP contribution is -2.31. The topological polar surface area (TPSA) is 9.23 Å². The summed E-state index contributed by atoms with van der Waals surface area (Å²) in [5.74, 6) is 1.01. The monoisotopic (exact) mass is 270 g/mol. The van der Waals surface area contributed by atoms with Crippen LogP contribution in [0.2, 0.25) is 0 Å². The average molecular weight is 270 g/mol. The Morgan fingerprint density at radius 3 is 1.94 bits per heavy atom. The lowest BCUT2D eigenvalue weighted by atomic mass is 9.83. The normalized spacial score (nSPS) is 26.5. The van der Waals surface area contributed by atoms with Crippen LogP contribution in [0.1, 0.15) is 77.0 Å². The molecule has 2 fully saturated rings. The van der Waals surface area contributed by atoms with E-state index in [1.165, 1.54) is 77.0 Å². The van der Waals surface area contributed by atoms with Crippen molar-refractivity contribution in [3.05, 3.63) is 0 Å². The maximum atomic E-state index is 6.30. The minimum atomic E-state index is 0.395. The molecule has 0 aromatic carbocycles. The fourth-order valence-electron chi connectivity index (χ4n) is 3.53. The second-order valence-corrected chi connectivity index (χ2v) is 6.81. The fourth-order valence-corrected chi connectivity index (χ4v) is 3.94. The van der Waals surface area contributed by atoms with Gasteiger partial charge in [-0.3, -0.25) is 0 Å². The molecule has 0 aliphatic heterocycles. The van der Waals surface area contributed by atoms with Crippen LogP contribution in [0, 0.1) is 5.41 Å². The van der Waals surface area contributed by atoms with Crippen LogP contribution in [0.5, 0.6) is 0 Å². The quantitative estimate of drug-likeness (QED) is 0.559. The molecule has 2 aliphatic rings. The molecule has 0 aromatic rings. The maximum Gasteiger partial charge on any atom is 0.0575 e. The second-order valence-electron chi connectivity index (χ2n) is 6.50. The van der Waals surface area contributed by atoms with Crippen molar-refractivity contribution in [1.29, 1.82) is 0 Å². The molecule has 0 radical (unpaired) electrons. The second kappa shape index (κ2) is 7.79. The standard InChI is InChI=1S/C16H30OS/c18-14-16(11-7-3-4-8-12-16)13-17-15-9-5-1-2-6-10-15/h15,18H,1-14H2. The van der Waals surface area contributed by atoms with Gasteiger partial charge in [0, 0.05) is 5.41 Å². The van der Waals surface area contributed by atoms with Crippen molar-refractivity contribution in [2.75, 3.05) is 12.4 Å². The number of hydrogen-bond donors (Lipinski definition) is 1. The Morgan fingerprint density at radius 2 is 1.39 bits per heavy atom. The molecular formula is C16H30OS. The molecule has 2 saturated carbocycles. The van der Waals surface area contributed by atoms with Crippen LogP contribution in [0.4, 0.5) is 0 Å². The van der Waals surface area contributed by atoms with Crippen molar-refractivity contribution in [1.82, 2.24) is 0 Å². The van der Waals surface area contributed by atoms with Crippen LogP contribution in [0.15, 0.2) is 0 Å². The summed E-state index contributed by atoms with van der Waals surface area (Å²) in [6.45, 7) is 0.973. The highest BCUT2D eigenvalue weighted by atomic mass is 32.1. The van der Waals surface area contributed by atoms with Crippen LogP contribution >= 0.6 is 12.6 Å². The summed E-state index contributed by atoms with van der Waals surface area (Å²) >= 11 is 4.64. The first-order valence-electron chi connectivity index (χ1n) is 8.07. The fraction of sp³-hybridized carbons (Fsp3) is 1.00. The molecule has 2 rings (SSSR count). The van der Waals surface area contributed by atoms with E-state index in [9.17, 15) is 0 Å². The molecule has 0 spiro atoms. The molecule has 0 aromatic heterocycles. The Hall–Kier alpha value is 0.310. The zero-order valence-corrected chi connectivity index (χ0v) is 12.7. The number of hydrogen-bond acceptors (Lipinski definition) is 2. The molecule has 106 valence electrons. The van der Waals surface area contributed by atoms with Gasteiger partial charge in [0.15, 0.2) is 0 Å². The van der Waals surface area contributed by atoms with Gasteiger partial charge in [-0.2, -0.15) is 12.6 Å². The molecular weight excluding hydrogens is 240 g/mol. The van der Waals surface area contributed by atoms with Gasteiger partial charge in [0.1, 0.15) is 0 Å². The van der Waals surface area contributed by atoms with Crippen molar-refractivity contribution in [2.45, 2.75) is 83.2 Å². The van der Waals surface area contributed by atoms with Crippen LogP contribution < -0.4 is 0 Å². The van der Waals surface area contributed by atoms with Gasteiger partial charge in [-0.1, -0.05) is 51.4 Å². The van der Waals surface area contributed by atoms with Crippen LogP contribution in [0.25, 0.3) is 0 Å². The molecule has 0 amide bonds. The summed E-state index contributed by atoms with van der Waals surface area (Å²) in [5, 5.41) is 0. The van der Waals surface area contributed by atoms with E-state index in [0.717, 1.165) is 12.4 Å². The third-order valence-electron chi connectivity index (χ3n) is 4.93. The van der Waals surface area contributed by atoms with Gasteiger partial charge in [-0.15, -0.1) is 0 Å². The summed E-state index contributed by atoms with van der Waals surface area (Å²) in [6.07, 6.45) is 17.0. The first-order valence-corrected chi connectivity index (χ1v) is 8.70. The van der Waals surface area contributed by atoms with Gasteiger partial charge >= 0.3 is 0 Å². The van der Waals surface area contributed by atoms with Crippen molar-refractivity contribution in [3.63, 3.8) is 0 Å². The summed E-state index contributed by atoms with van der Waals surface area (Å²) in [5.41, 5.74) is 0.395. The Labute approximate surface area is 118 Å². The molecule has 0 saturated heterocycles. The van der Waals surface area contributed by atoms with E-state index in [1.54, 1.807) is 0 Å². The van der Waals surface area contributed by atoms with Gasteiger partial charge in [-0.05, 0) is 31.4 Å². The van der Waals surface area contributed by atoms with Crippen LogP contribution in [0.3, 0.4) is 0 Å². The SMILES string of the molecule is SCC1(COC2CCCCCC2)CCCCCC1. The zero-order chi connectivity index (χ0) is 12.7. The van der Waals surface area contributed by atoms with E-state index < -0.39 is 0 Å². The number of rotatable bonds is 4. The van der Waals surface area contributed by atoms with Gasteiger partial charge in [0.25, 0.3) is 0 Å². The summed E-state index contributed by atoms with van der Waals surface area (Å²) in [4.78, 5) is 0. The van der Waals surface area contributed by atoms with E-state index in [1.807, 2.05) is 0 Å². The highest BCUT2D eigenvalue weighted by molar-refractivity contribution is 7.80. The first kappa shape index (κ1) is 14.7. The molecule has 0 heterocycles. The average Bonchev–Trinajstić information content (AvgIpc) is 2.80. The van der Waals surface area contributed by atoms with E-state index >= 15 is 0 Å². The lowest BCUT2D eigenvalue weighted by molar-refractivity contribution is -0.0136. The minimum Gasteiger partial charge on any atom is -0.378 e. The van der Waals surface area contributed by atoms with E-state index in [4.69, 9.17) is 4.74 Å². The van der Waals surface area contributed by atoms with Crippen LogP contribution in [-0.4, -0.2) is 18.5 Å². The van der Waals surface area contributed by atoms with Crippen molar-refractivity contribution in [2.24, 2.45) is 5.41 Å². The highest BCUT2D eigenvalue weighted by Gasteiger charge is 2.31. The molecule has 2 aliphatic carbocycles. The smallest absolute Gasteiger partial charge is 0.0575 e. The summed E-state index contributed by atoms with van der Waals surface area (Å²) < 4.78 is 6.30. The van der Waals surface area contributed by atoms with Crippen molar-refractivity contribution >= 4 is 12.6 Å². The van der Waals surface area contributed by atoms with Gasteiger partial charge in [0.05, 0.1) is 12.7 Å². The van der Waals surface area contributed by atoms with Crippen LogP contribution in [-0.2, 0) is 4.74 Å². The summed E-state index contributed by atoms with van der Waals surface area (Å²) in [6, 6.07) is 0. The van der Waals surface area contributed by atoms with E-state index in [-0.39, 0.29) is 0 Å². The third kappa shape index (κ3) is 4.45. The Kier molecular flexibility index (Phi) is 6.37. The van der Waals surface area contributed by atoms with Crippen molar-refractivity contribution < 1.29 is 4.74 Å². The molecule has 0 unspecified atom stereocenters. The third-order valence-corrected chi connectivity index (χ3v) is 5.60. The number of ether oxygens (including phenoxy) is 1. The molecule has 1 nitrogen and oxygen atoms in total. The molecule has 2 heteroatoms.